The summed E-state index contributed by atoms with van der Waals surface area (Å²) in [5.74, 6) is -0.480. The van der Waals surface area contributed by atoms with Crippen molar-refractivity contribution in [3.8, 4) is 0 Å². The van der Waals surface area contributed by atoms with Gasteiger partial charge in [0, 0.05) is 38.0 Å². The number of nitrogens with zero attached hydrogens (tertiary/aromatic N) is 1. The van der Waals surface area contributed by atoms with Gasteiger partial charge in [0.2, 0.25) is 23.6 Å². The summed E-state index contributed by atoms with van der Waals surface area (Å²) < 4.78 is 6.11. The number of carbonyl (C=O) groups is 4. The molecule has 220 valence electrons. The van der Waals surface area contributed by atoms with Crippen LogP contribution < -0.4 is 10.6 Å². The van der Waals surface area contributed by atoms with Gasteiger partial charge in [-0.1, -0.05) is 44.9 Å². The van der Waals surface area contributed by atoms with Crippen molar-refractivity contribution >= 4 is 29.3 Å². The minimum atomic E-state index is -0.655. The van der Waals surface area contributed by atoms with Gasteiger partial charge < -0.3 is 15.4 Å². The van der Waals surface area contributed by atoms with E-state index in [1.807, 2.05) is 58.0 Å². The normalized spacial score (nSPS) is 18.3. The summed E-state index contributed by atoms with van der Waals surface area (Å²) in [6, 6.07) is 7.85. The number of imide groups is 1. The van der Waals surface area contributed by atoms with E-state index in [9.17, 15) is 19.2 Å². The van der Waals surface area contributed by atoms with Gasteiger partial charge in [-0.15, -0.1) is 6.58 Å². The first-order valence-corrected chi connectivity index (χ1v) is 14.6. The third kappa shape index (κ3) is 9.58. The van der Waals surface area contributed by atoms with Gasteiger partial charge in [0.05, 0.1) is 18.1 Å². The minimum Gasteiger partial charge on any atom is -0.373 e. The third-order valence-corrected chi connectivity index (χ3v) is 7.89. The van der Waals surface area contributed by atoms with Gasteiger partial charge in [-0.2, -0.15) is 0 Å². The number of hydrogen-bond acceptors (Lipinski definition) is 5. The lowest BCUT2D eigenvalue weighted by molar-refractivity contribution is -0.140. The summed E-state index contributed by atoms with van der Waals surface area (Å²) in [6.07, 6.45) is 8.65. The van der Waals surface area contributed by atoms with Crippen molar-refractivity contribution in [3.63, 3.8) is 0 Å². The maximum absolute atomic E-state index is 12.8. The second-order valence-corrected chi connectivity index (χ2v) is 12.7. The molecule has 1 unspecified atom stereocenters. The smallest absolute Gasteiger partial charge is 0.233 e. The summed E-state index contributed by atoms with van der Waals surface area (Å²) in [7, 11) is 0. The summed E-state index contributed by atoms with van der Waals surface area (Å²) in [4.78, 5) is 51.6. The van der Waals surface area contributed by atoms with Crippen LogP contribution in [0.5, 0.6) is 0 Å². The Labute approximate surface area is 239 Å². The number of benzene rings is 1. The van der Waals surface area contributed by atoms with Crippen molar-refractivity contribution < 1.29 is 23.9 Å². The number of aryl methyl sites for hydroxylation is 1. The quantitative estimate of drug-likeness (QED) is 0.234. The summed E-state index contributed by atoms with van der Waals surface area (Å²) >= 11 is 0. The van der Waals surface area contributed by atoms with Crippen LogP contribution in [0.1, 0.15) is 84.6 Å². The van der Waals surface area contributed by atoms with Crippen LogP contribution in [0.4, 0.5) is 5.69 Å². The van der Waals surface area contributed by atoms with E-state index in [4.69, 9.17) is 4.74 Å². The molecule has 8 nitrogen and oxygen atoms in total. The summed E-state index contributed by atoms with van der Waals surface area (Å²) in [5.41, 5.74) is 0.893. The van der Waals surface area contributed by atoms with Crippen LogP contribution >= 0.6 is 0 Å². The van der Waals surface area contributed by atoms with Crippen LogP contribution in [0, 0.1) is 17.3 Å². The highest BCUT2D eigenvalue weighted by molar-refractivity contribution is 6.04. The van der Waals surface area contributed by atoms with Crippen molar-refractivity contribution in [1.29, 1.82) is 0 Å². The molecule has 3 rings (SSSR count). The molecular weight excluding hydrogens is 506 g/mol. The first kappa shape index (κ1) is 31.5. The maximum Gasteiger partial charge on any atom is 0.233 e. The standard InChI is InChI=1S/C32H47N3O5/c1-6-7-10-23-13-15-25(16-14-23)34-28(37)20-31(2,3)22-40-32(4,5)21-33-27(36)17-18-35-29(38)19-26(30(35)39)24-11-8-9-12-24/h6,13-16,24,26H,1,7-12,17-22H2,2-5H3,(H,33,36)(H,34,37). The Balaban J connectivity index is 1.37. The molecule has 1 atom stereocenters. The maximum atomic E-state index is 12.8. The molecular formula is C32H47N3O5. The topological polar surface area (TPSA) is 105 Å². The average Bonchev–Trinajstić information content (AvgIpc) is 3.52. The van der Waals surface area contributed by atoms with Crippen molar-refractivity contribution in [2.24, 2.45) is 17.3 Å². The molecule has 0 radical (unpaired) electrons. The molecule has 1 saturated heterocycles. The van der Waals surface area contributed by atoms with E-state index in [1.54, 1.807) is 0 Å². The Morgan fingerprint density at radius 2 is 1.75 bits per heavy atom. The first-order chi connectivity index (χ1) is 18.9. The second kappa shape index (κ2) is 14.1. The minimum absolute atomic E-state index is 0.0752. The van der Waals surface area contributed by atoms with Gasteiger partial charge in [0.15, 0.2) is 0 Å². The van der Waals surface area contributed by atoms with Crippen molar-refractivity contribution in [1.82, 2.24) is 10.2 Å². The van der Waals surface area contributed by atoms with E-state index in [-0.39, 0.29) is 61.9 Å². The molecule has 1 aromatic rings. The van der Waals surface area contributed by atoms with Crippen molar-refractivity contribution in [2.45, 2.75) is 91.1 Å². The number of rotatable bonds is 15. The zero-order valence-electron chi connectivity index (χ0n) is 24.7. The average molecular weight is 554 g/mol. The van der Waals surface area contributed by atoms with Gasteiger partial charge in [0.25, 0.3) is 0 Å². The molecule has 1 saturated carbocycles. The van der Waals surface area contributed by atoms with Crippen molar-refractivity contribution in [3.05, 3.63) is 42.5 Å². The number of anilines is 1. The Bertz CT molecular complexity index is 1060. The SMILES string of the molecule is C=CCCc1ccc(NC(=O)CC(C)(C)COC(C)(C)CNC(=O)CCN2C(=O)CC(C3CCCC3)C2=O)cc1. The lowest BCUT2D eigenvalue weighted by Crippen LogP contribution is -2.43. The highest BCUT2D eigenvalue weighted by Crippen LogP contribution is 2.37. The predicted molar refractivity (Wildman–Crippen MR) is 156 cm³/mol. The zero-order chi connectivity index (χ0) is 29.3. The molecule has 4 amide bonds. The zero-order valence-corrected chi connectivity index (χ0v) is 24.7. The predicted octanol–water partition coefficient (Wildman–Crippen LogP) is 5.03. The van der Waals surface area contributed by atoms with Crippen LogP contribution in [0.2, 0.25) is 0 Å². The molecule has 1 heterocycles. The Kier molecular flexibility index (Phi) is 11.1. The fourth-order valence-corrected chi connectivity index (χ4v) is 5.44. The second-order valence-electron chi connectivity index (χ2n) is 12.7. The molecule has 1 aromatic carbocycles. The van der Waals surface area contributed by atoms with Crippen LogP contribution in [0.15, 0.2) is 36.9 Å². The molecule has 1 aliphatic carbocycles. The molecule has 1 aliphatic heterocycles. The van der Waals surface area contributed by atoms with Crippen LogP contribution in [0.25, 0.3) is 0 Å². The van der Waals surface area contributed by atoms with E-state index in [2.05, 4.69) is 17.2 Å². The van der Waals surface area contributed by atoms with Gasteiger partial charge >= 0.3 is 0 Å². The highest BCUT2D eigenvalue weighted by Gasteiger charge is 2.43. The van der Waals surface area contributed by atoms with E-state index in [0.29, 0.717) is 12.5 Å². The lowest BCUT2D eigenvalue weighted by atomic mass is 9.89. The number of allylic oxidation sites excluding steroid dienone is 1. The Morgan fingerprint density at radius 3 is 2.40 bits per heavy atom. The molecule has 2 N–H and O–H groups in total. The van der Waals surface area contributed by atoms with E-state index >= 15 is 0 Å². The highest BCUT2D eigenvalue weighted by atomic mass is 16.5. The van der Waals surface area contributed by atoms with Crippen molar-refractivity contribution in [2.75, 3.05) is 25.0 Å². The number of ether oxygens (including phenoxy) is 1. The van der Waals surface area contributed by atoms with E-state index in [0.717, 1.165) is 44.2 Å². The number of carbonyl (C=O) groups excluding carboxylic acids is 4. The van der Waals surface area contributed by atoms with Gasteiger partial charge in [-0.3, -0.25) is 24.1 Å². The molecule has 0 aromatic heterocycles. The fraction of sp³-hybridized carbons (Fsp3) is 0.625. The Morgan fingerprint density at radius 1 is 1.07 bits per heavy atom. The molecule has 40 heavy (non-hydrogen) atoms. The van der Waals surface area contributed by atoms with Gasteiger partial charge in [-0.05, 0) is 68.6 Å². The fourth-order valence-electron chi connectivity index (χ4n) is 5.44. The van der Waals surface area contributed by atoms with Gasteiger partial charge in [0.1, 0.15) is 0 Å². The van der Waals surface area contributed by atoms with E-state index < -0.39 is 11.0 Å². The molecule has 0 spiro atoms. The lowest BCUT2D eigenvalue weighted by Gasteiger charge is -2.32. The number of hydrogen-bond donors (Lipinski definition) is 2. The molecule has 8 heteroatoms. The monoisotopic (exact) mass is 553 g/mol. The Hall–Kier alpha value is -3.00. The van der Waals surface area contributed by atoms with Crippen LogP contribution in [-0.2, 0) is 30.3 Å². The molecule has 2 aliphatic rings. The number of likely N-dealkylation sites (tertiary alicyclic amines) is 1. The summed E-state index contributed by atoms with van der Waals surface area (Å²) in [6.45, 7) is 12.2. The third-order valence-electron chi connectivity index (χ3n) is 7.89. The number of amides is 4. The first-order valence-electron chi connectivity index (χ1n) is 14.6. The van der Waals surface area contributed by atoms with Crippen LogP contribution in [0.3, 0.4) is 0 Å². The largest absolute Gasteiger partial charge is 0.373 e. The van der Waals surface area contributed by atoms with Crippen LogP contribution in [-0.4, -0.2) is 53.8 Å². The summed E-state index contributed by atoms with van der Waals surface area (Å²) in [5, 5.41) is 5.83. The van der Waals surface area contributed by atoms with Gasteiger partial charge in [-0.25, -0.2) is 0 Å². The number of nitrogens with one attached hydrogen (secondary N) is 2. The van der Waals surface area contributed by atoms with E-state index in [1.165, 1.54) is 10.5 Å². The molecule has 0 bridgehead atoms. The molecule has 2 fully saturated rings.